The average Bonchev–Trinajstić information content (AvgIpc) is 3.10. The Bertz CT molecular complexity index is 511. The first-order chi connectivity index (χ1) is 9.70. The lowest BCUT2D eigenvalue weighted by Gasteiger charge is -2.26. The lowest BCUT2D eigenvalue weighted by molar-refractivity contribution is -0.148. The van der Waals surface area contributed by atoms with Crippen LogP contribution in [0.15, 0.2) is 6.33 Å². The van der Waals surface area contributed by atoms with Crippen LogP contribution in [0.1, 0.15) is 49.5 Å². The smallest absolute Gasteiger partial charge is 0.326 e. The summed E-state index contributed by atoms with van der Waals surface area (Å²) >= 11 is 0. The maximum absolute atomic E-state index is 12.1. The van der Waals surface area contributed by atoms with Gasteiger partial charge in [-0.3, -0.25) is 4.79 Å². The molecular formula is C15H23N3O2. The van der Waals surface area contributed by atoms with Gasteiger partial charge in [0.05, 0.1) is 19.1 Å². The molecule has 0 radical (unpaired) electrons. The van der Waals surface area contributed by atoms with E-state index in [-0.39, 0.29) is 5.97 Å². The van der Waals surface area contributed by atoms with Crippen molar-refractivity contribution in [1.82, 2.24) is 14.9 Å². The van der Waals surface area contributed by atoms with Gasteiger partial charge in [-0.05, 0) is 52.0 Å². The van der Waals surface area contributed by atoms with Crippen LogP contribution in [0.5, 0.6) is 0 Å². The molecule has 0 aromatic carbocycles. The number of likely N-dealkylation sites (N-methyl/N-ethyl adjacent to an activating group) is 1. The Balaban J connectivity index is 1.83. The Morgan fingerprint density at radius 1 is 1.50 bits per heavy atom. The zero-order chi connectivity index (χ0) is 14.2. The molecule has 1 saturated carbocycles. The van der Waals surface area contributed by atoms with Crippen LogP contribution in [-0.4, -0.2) is 35.2 Å². The van der Waals surface area contributed by atoms with Gasteiger partial charge in [-0.15, -0.1) is 0 Å². The standard InChI is InChI=1S/C15H23N3O2/c1-16-15(14(19)20-2)8-7-11(9-15)18-10-17-12-5-3-4-6-13(12)18/h10-11,16H,3-9H2,1-2H3. The van der Waals surface area contributed by atoms with Crippen molar-refractivity contribution in [3.8, 4) is 0 Å². The molecule has 2 unspecified atom stereocenters. The highest BCUT2D eigenvalue weighted by Gasteiger charge is 2.46. The molecule has 2 aliphatic rings. The van der Waals surface area contributed by atoms with Gasteiger partial charge in [-0.25, -0.2) is 4.98 Å². The summed E-state index contributed by atoms with van der Waals surface area (Å²) in [6, 6.07) is 0.357. The molecular weight excluding hydrogens is 254 g/mol. The van der Waals surface area contributed by atoms with E-state index in [9.17, 15) is 4.79 Å². The number of aromatic nitrogens is 2. The number of nitrogens with one attached hydrogen (secondary N) is 1. The molecule has 1 N–H and O–H groups in total. The van der Waals surface area contributed by atoms with Crippen molar-refractivity contribution in [2.45, 2.75) is 56.5 Å². The van der Waals surface area contributed by atoms with Crippen LogP contribution in [-0.2, 0) is 22.4 Å². The van der Waals surface area contributed by atoms with Gasteiger partial charge in [-0.2, -0.15) is 0 Å². The summed E-state index contributed by atoms with van der Waals surface area (Å²) < 4.78 is 7.30. The number of carbonyl (C=O) groups is 1. The molecule has 110 valence electrons. The van der Waals surface area contributed by atoms with Gasteiger partial charge in [0.2, 0.25) is 0 Å². The highest BCUT2D eigenvalue weighted by atomic mass is 16.5. The molecule has 5 heteroatoms. The molecule has 1 aromatic heterocycles. The van der Waals surface area contributed by atoms with Crippen molar-refractivity contribution in [2.24, 2.45) is 0 Å². The van der Waals surface area contributed by atoms with Crippen LogP contribution in [0, 0.1) is 0 Å². The highest BCUT2D eigenvalue weighted by Crippen LogP contribution is 2.40. The van der Waals surface area contributed by atoms with Crippen molar-refractivity contribution >= 4 is 5.97 Å². The first kappa shape index (κ1) is 13.6. The third kappa shape index (κ3) is 2.04. The Kier molecular flexibility index (Phi) is 3.54. The van der Waals surface area contributed by atoms with E-state index in [1.807, 2.05) is 13.4 Å². The van der Waals surface area contributed by atoms with Gasteiger partial charge >= 0.3 is 5.97 Å². The van der Waals surface area contributed by atoms with Crippen molar-refractivity contribution in [3.05, 3.63) is 17.7 Å². The minimum Gasteiger partial charge on any atom is -0.468 e. The van der Waals surface area contributed by atoms with Crippen molar-refractivity contribution < 1.29 is 9.53 Å². The predicted octanol–water partition coefficient (Wildman–Crippen LogP) is 1.62. The number of esters is 1. The van der Waals surface area contributed by atoms with E-state index in [2.05, 4.69) is 14.9 Å². The third-order valence-electron chi connectivity index (χ3n) is 5.00. The molecule has 20 heavy (non-hydrogen) atoms. The lowest BCUT2D eigenvalue weighted by atomic mass is 9.97. The molecule has 1 aromatic rings. The normalized spacial score (nSPS) is 29.2. The Morgan fingerprint density at radius 3 is 3.05 bits per heavy atom. The second-order valence-electron chi connectivity index (χ2n) is 5.97. The predicted molar refractivity (Wildman–Crippen MR) is 75.6 cm³/mol. The van der Waals surface area contributed by atoms with Crippen molar-refractivity contribution in [1.29, 1.82) is 0 Å². The number of methoxy groups -OCH3 is 1. The summed E-state index contributed by atoms with van der Waals surface area (Å²) in [6.45, 7) is 0. The number of carbonyl (C=O) groups excluding carboxylic acids is 1. The Labute approximate surface area is 119 Å². The molecule has 5 nitrogen and oxygen atoms in total. The molecule has 0 amide bonds. The zero-order valence-electron chi connectivity index (χ0n) is 12.3. The third-order valence-corrected chi connectivity index (χ3v) is 5.00. The average molecular weight is 277 g/mol. The van der Waals surface area contributed by atoms with Crippen LogP contribution < -0.4 is 5.32 Å². The number of rotatable bonds is 3. The van der Waals surface area contributed by atoms with E-state index in [0.717, 1.165) is 32.1 Å². The SMILES string of the molecule is CNC1(C(=O)OC)CCC(n2cnc3c2CCCC3)C1. The fourth-order valence-electron chi connectivity index (χ4n) is 3.77. The largest absolute Gasteiger partial charge is 0.468 e. The molecule has 0 saturated heterocycles. The monoisotopic (exact) mass is 277 g/mol. The molecule has 1 heterocycles. The summed E-state index contributed by atoms with van der Waals surface area (Å²) in [5.74, 6) is -0.142. The molecule has 1 fully saturated rings. The van der Waals surface area contributed by atoms with Crippen LogP contribution in [0.25, 0.3) is 0 Å². The zero-order valence-corrected chi connectivity index (χ0v) is 12.3. The van der Waals surface area contributed by atoms with Crippen LogP contribution in [0.2, 0.25) is 0 Å². The highest BCUT2D eigenvalue weighted by molar-refractivity contribution is 5.81. The van der Waals surface area contributed by atoms with Crippen molar-refractivity contribution in [2.75, 3.05) is 14.2 Å². The lowest BCUT2D eigenvalue weighted by Crippen LogP contribution is -2.49. The molecule has 0 spiro atoms. The number of imidazole rings is 1. The quantitative estimate of drug-likeness (QED) is 0.853. The Hall–Kier alpha value is -1.36. The van der Waals surface area contributed by atoms with E-state index in [1.54, 1.807) is 0 Å². The molecule has 0 aliphatic heterocycles. The van der Waals surface area contributed by atoms with E-state index in [4.69, 9.17) is 4.74 Å². The summed E-state index contributed by atoms with van der Waals surface area (Å²) in [6.07, 6.45) is 9.31. The maximum atomic E-state index is 12.1. The van der Waals surface area contributed by atoms with Gasteiger partial charge in [0, 0.05) is 11.7 Å². The number of nitrogens with zero attached hydrogens (tertiary/aromatic N) is 2. The van der Waals surface area contributed by atoms with E-state index in [1.165, 1.54) is 31.3 Å². The van der Waals surface area contributed by atoms with Crippen LogP contribution in [0.4, 0.5) is 0 Å². The van der Waals surface area contributed by atoms with E-state index in [0.29, 0.717) is 6.04 Å². The second kappa shape index (κ2) is 5.20. The van der Waals surface area contributed by atoms with Gasteiger partial charge in [0.25, 0.3) is 0 Å². The topological polar surface area (TPSA) is 56.1 Å². The minimum atomic E-state index is -0.523. The first-order valence-corrected chi connectivity index (χ1v) is 7.52. The molecule has 3 rings (SSSR count). The van der Waals surface area contributed by atoms with E-state index < -0.39 is 5.54 Å². The van der Waals surface area contributed by atoms with Crippen LogP contribution >= 0.6 is 0 Å². The summed E-state index contributed by atoms with van der Waals surface area (Å²) in [7, 11) is 3.32. The summed E-state index contributed by atoms with van der Waals surface area (Å²) in [4.78, 5) is 16.6. The second-order valence-corrected chi connectivity index (χ2v) is 5.97. The van der Waals surface area contributed by atoms with Gasteiger partial charge in [0.15, 0.2) is 0 Å². The fourth-order valence-corrected chi connectivity index (χ4v) is 3.77. The fraction of sp³-hybridized carbons (Fsp3) is 0.733. The number of ether oxygens (including phenoxy) is 1. The van der Waals surface area contributed by atoms with Gasteiger partial charge in [0.1, 0.15) is 5.54 Å². The number of hydrogen-bond acceptors (Lipinski definition) is 4. The summed E-state index contributed by atoms with van der Waals surface area (Å²) in [5.41, 5.74) is 2.12. The van der Waals surface area contributed by atoms with E-state index >= 15 is 0 Å². The first-order valence-electron chi connectivity index (χ1n) is 7.52. The molecule has 2 aliphatic carbocycles. The van der Waals surface area contributed by atoms with Crippen LogP contribution in [0.3, 0.4) is 0 Å². The number of aryl methyl sites for hydroxylation is 1. The van der Waals surface area contributed by atoms with Crippen molar-refractivity contribution in [3.63, 3.8) is 0 Å². The molecule has 0 bridgehead atoms. The van der Waals surface area contributed by atoms with Gasteiger partial charge < -0.3 is 14.6 Å². The number of hydrogen-bond donors (Lipinski definition) is 1. The molecule has 2 atom stereocenters. The number of fused-ring (bicyclic) bond motifs is 1. The van der Waals surface area contributed by atoms with Gasteiger partial charge in [-0.1, -0.05) is 0 Å². The maximum Gasteiger partial charge on any atom is 0.326 e. The Morgan fingerprint density at radius 2 is 2.30 bits per heavy atom. The minimum absolute atomic E-state index is 0.142. The summed E-state index contributed by atoms with van der Waals surface area (Å²) in [5, 5.41) is 3.19.